The Hall–Kier alpha value is -4.11. The molecule has 0 atom stereocenters. The average Bonchev–Trinajstić information content (AvgIpc) is 3.60. The summed E-state index contributed by atoms with van der Waals surface area (Å²) in [6.45, 7) is 2.93. The summed E-state index contributed by atoms with van der Waals surface area (Å²) in [5.41, 5.74) is 6.36. The number of methoxy groups -OCH3 is 1. The highest BCUT2D eigenvalue weighted by Gasteiger charge is 2.30. The lowest BCUT2D eigenvalue weighted by Crippen LogP contribution is -2.30. The molecule has 1 aliphatic carbocycles. The minimum Gasteiger partial charge on any atom is -0.494 e. The third-order valence-corrected chi connectivity index (χ3v) is 7.26. The van der Waals surface area contributed by atoms with Gasteiger partial charge in [0.15, 0.2) is 17.3 Å². The van der Waals surface area contributed by atoms with Gasteiger partial charge in [0.1, 0.15) is 0 Å². The van der Waals surface area contributed by atoms with E-state index in [1.807, 2.05) is 0 Å². The van der Waals surface area contributed by atoms with Crippen molar-refractivity contribution in [1.29, 1.82) is 0 Å². The minimum absolute atomic E-state index is 0.0497. The Morgan fingerprint density at radius 3 is 2.62 bits per heavy atom. The molecule has 0 saturated heterocycles. The van der Waals surface area contributed by atoms with Crippen molar-refractivity contribution < 1.29 is 27.3 Å². The van der Waals surface area contributed by atoms with Gasteiger partial charge in [-0.2, -0.15) is 4.98 Å². The minimum atomic E-state index is -3.52. The van der Waals surface area contributed by atoms with Crippen molar-refractivity contribution in [2.45, 2.75) is 38.5 Å². The first kappa shape index (κ1) is 26.0. The standard InChI is InChI=1S/C22H26N8O6S/c1-11(2)37(33,34)24-10-17-27-21(30-36-17)13-5-4-6-14(19(13)35-3)25-15-9-16(26-22(32)12-7-8-12)28-29-18(15)20(23)31/h4-6,9,11-12,24H,7-8,10H2,1-3H3,(H2,23,31)(H2,25,26,28,32). The van der Waals surface area contributed by atoms with Gasteiger partial charge in [-0.1, -0.05) is 11.2 Å². The van der Waals surface area contributed by atoms with Gasteiger partial charge in [-0.15, -0.1) is 10.2 Å². The number of sulfonamides is 1. The van der Waals surface area contributed by atoms with Gasteiger partial charge in [-0.25, -0.2) is 13.1 Å². The van der Waals surface area contributed by atoms with Crippen molar-refractivity contribution >= 4 is 39.0 Å². The molecule has 4 rings (SSSR count). The predicted octanol–water partition coefficient (Wildman–Crippen LogP) is 1.55. The number of benzene rings is 1. The number of primary amides is 1. The largest absolute Gasteiger partial charge is 0.494 e. The van der Waals surface area contributed by atoms with Crippen LogP contribution in [0.4, 0.5) is 17.2 Å². The number of para-hydroxylation sites is 1. The molecule has 37 heavy (non-hydrogen) atoms. The molecular weight excluding hydrogens is 504 g/mol. The summed E-state index contributed by atoms with van der Waals surface area (Å²) in [5.74, 6) is -0.373. The van der Waals surface area contributed by atoms with Crippen LogP contribution in [0.25, 0.3) is 11.4 Å². The van der Waals surface area contributed by atoms with Crippen molar-refractivity contribution in [1.82, 2.24) is 25.1 Å². The first-order chi connectivity index (χ1) is 17.6. The quantitative estimate of drug-likeness (QED) is 0.280. The van der Waals surface area contributed by atoms with Crippen molar-refractivity contribution in [3.05, 3.63) is 35.9 Å². The highest BCUT2D eigenvalue weighted by atomic mass is 32.2. The zero-order valence-corrected chi connectivity index (χ0v) is 21.1. The molecule has 196 valence electrons. The molecule has 14 nitrogen and oxygen atoms in total. The molecule has 2 heterocycles. The van der Waals surface area contributed by atoms with Crippen LogP contribution in [0.3, 0.4) is 0 Å². The molecule has 1 fully saturated rings. The average molecular weight is 531 g/mol. The third-order valence-electron chi connectivity index (χ3n) is 5.47. The van der Waals surface area contributed by atoms with Crippen LogP contribution >= 0.6 is 0 Å². The highest BCUT2D eigenvalue weighted by Crippen LogP contribution is 2.37. The Labute approximate surface area is 212 Å². The topological polar surface area (TPSA) is 204 Å². The summed E-state index contributed by atoms with van der Waals surface area (Å²) in [5, 5.41) is 16.8. The van der Waals surface area contributed by atoms with E-state index < -0.39 is 21.2 Å². The number of hydrogen-bond donors (Lipinski definition) is 4. The number of carbonyl (C=O) groups excluding carboxylic acids is 2. The first-order valence-electron chi connectivity index (χ1n) is 11.3. The van der Waals surface area contributed by atoms with Gasteiger partial charge in [-0.3, -0.25) is 9.59 Å². The lowest BCUT2D eigenvalue weighted by molar-refractivity contribution is -0.117. The normalized spacial score (nSPS) is 13.4. The number of anilines is 3. The second-order valence-electron chi connectivity index (χ2n) is 8.56. The number of amides is 2. The van der Waals surface area contributed by atoms with Gasteiger partial charge in [0, 0.05) is 12.0 Å². The van der Waals surface area contributed by atoms with Crippen LogP contribution in [0.2, 0.25) is 0 Å². The Morgan fingerprint density at radius 2 is 1.97 bits per heavy atom. The zero-order chi connectivity index (χ0) is 26.7. The molecule has 1 aliphatic rings. The Morgan fingerprint density at radius 1 is 1.22 bits per heavy atom. The van der Waals surface area contributed by atoms with Crippen molar-refractivity contribution in [2.75, 3.05) is 17.7 Å². The van der Waals surface area contributed by atoms with Gasteiger partial charge in [0.25, 0.3) is 5.91 Å². The van der Waals surface area contributed by atoms with E-state index in [1.165, 1.54) is 13.2 Å². The summed E-state index contributed by atoms with van der Waals surface area (Å²) in [4.78, 5) is 28.4. The lowest BCUT2D eigenvalue weighted by atomic mass is 10.1. The van der Waals surface area contributed by atoms with E-state index in [9.17, 15) is 18.0 Å². The molecule has 0 radical (unpaired) electrons. The molecule has 15 heteroatoms. The van der Waals surface area contributed by atoms with Crippen molar-refractivity contribution in [2.24, 2.45) is 11.7 Å². The Kier molecular flexibility index (Phi) is 7.35. The van der Waals surface area contributed by atoms with Gasteiger partial charge in [0.2, 0.25) is 27.6 Å². The number of ether oxygens (including phenoxy) is 1. The lowest BCUT2D eigenvalue weighted by Gasteiger charge is -2.15. The number of carbonyl (C=O) groups is 2. The molecule has 0 unspecified atom stereocenters. The molecule has 2 aromatic heterocycles. The van der Waals surface area contributed by atoms with Gasteiger partial charge in [0.05, 0.1) is 35.8 Å². The zero-order valence-electron chi connectivity index (χ0n) is 20.3. The van der Waals surface area contributed by atoms with Crippen LogP contribution in [0.15, 0.2) is 28.8 Å². The molecular formula is C22H26N8O6S. The summed E-state index contributed by atoms with van der Waals surface area (Å²) >= 11 is 0. The van der Waals surface area contributed by atoms with Gasteiger partial charge < -0.3 is 25.6 Å². The summed E-state index contributed by atoms with van der Waals surface area (Å²) in [7, 11) is -2.08. The van der Waals surface area contributed by atoms with E-state index in [0.717, 1.165) is 12.8 Å². The third kappa shape index (κ3) is 6.00. The molecule has 0 spiro atoms. The number of rotatable bonds is 11. The number of hydrogen-bond acceptors (Lipinski definition) is 11. The van der Waals surface area contributed by atoms with Crippen LogP contribution in [0, 0.1) is 5.92 Å². The summed E-state index contributed by atoms with van der Waals surface area (Å²) in [6, 6.07) is 6.49. The van der Waals surface area contributed by atoms with Crippen LogP contribution < -0.4 is 25.8 Å². The fraction of sp³-hybridized carbons (Fsp3) is 0.364. The van der Waals surface area contributed by atoms with Crippen molar-refractivity contribution in [3.8, 4) is 17.1 Å². The molecule has 0 bridgehead atoms. The number of nitrogens with two attached hydrogens (primary N) is 1. The maximum absolute atomic E-state index is 12.1. The molecule has 5 N–H and O–H groups in total. The van der Waals surface area contributed by atoms with Crippen molar-refractivity contribution in [3.63, 3.8) is 0 Å². The van der Waals surface area contributed by atoms with E-state index in [0.29, 0.717) is 17.0 Å². The highest BCUT2D eigenvalue weighted by molar-refractivity contribution is 7.90. The second-order valence-corrected chi connectivity index (χ2v) is 10.9. The van der Waals surface area contributed by atoms with Crippen LogP contribution in [-0.4, -0.2) is 52.9 Å². The molecule has 1 saturated carbocycles. The molecule has 2 amide bonds. The summed E-state index contributed by atoms with van der Waals surface area (Å²) in [6.07, 6.45) is 1.63. The monoisotopic (exact) mass is 530 g/mol. The fourth-order valence-corrected chi connectivity index (χ4v) is 3.90. The Bertz CT molecular complexity index is 1430. The van der Waals surface area contributed by atoms with Crippen LogP contribution in [-0.2, 0) is 21.4 Å². The molecule has 1 aromatic carbocycles. The predicted molar refractivity (Wildman–Crippen MR) is 132 cm³/mol. The number of aromatic nitrogens is 4. The SMILES string of the molecule is COc1c(Nc2cc(NC(=O)C3CC3)nnc2C(N)=O)cccc1-c1noc(CNS(=O)(=O)C(C)C)n1. The number of nitrogens with one attached hydrogen (secondary N) is 3. The maximum Gasteiger partial charge on any atom is 0.271 e. The second kappa shape index (κ2) is 10.5. The molecule has 3 aromatic rings. The Balaban J connectivity index is 1.61. The van der Waals surface area contributed by atoms with Crippen LogP contribution in [0.1, 0.15) is 43.1 Å². The van der Waals surface area contributed by atoms with E-state index in [-0.39, 0.29) is 47.3 Å². The maximum atomic E-state index is 12.1. The van der Waals surface area contributed by atoms with Crippen LogP contribution in [0.5, 0.6) is 5.75 Å². The fourth-order valence-electron chi connectivity index (χ4n) is 3.25. The first-order valence-corrected chi connectivity index (χ1v) is 12.9. The van der Waals surface area contributed by atoms with E-state index in [4.69, 9.17) is 15.0 Å². The van der Waals surface area contributed by atoms with E-state index in [1.54, 1.807) is 32.0 Å². The number of nitrogens with zero attached hydrogens (tertiary/aromatic N) is 4. The molecule has 0 aliphatic heterocycles. The van der Waals surface area contributed by atoms with Gasteiger partial charge >= 0.3 is 0 Å². The van der Waals surface area contributed by atoms with E-state index in [2.05, 4.69) is 35.7 Å². The summed E-state index contributed by atoms with van der Waals surface area (Å²) < 4.78 is 37.2. The smallest absolute Gasteiger partial charge is 0.271 e. The van der Waals surface area contributed by atoms with Gasteiger partial charge in [-0.05, 0) is 38.8 Å². The van der Waals surface area contributed by atoms with E-state index >= 15 is 0 Å².